The predicted octanol–water partition coefficient (Wildman–Crippen LogP) is 1.58. The zero-order valence-corrected chi connectivity index (χ0v) is 13.6. The summed E-state index contributed by atoms with van der Waals surface area (Å²) in [7, 11) is 3.05. The molecule has 2 rings (SSSR count). The van der Waals surface area contributed by atoms with E-state index in [1.807, 2.05) is 24.3 Å². The van der Waals surface area contributed by atoms with Gasteiger partial charge in [0.05, 0.1) is 20.1 Å². The van der Waals surface area contributed by atoms with Crippen molar-refractivity contribution in [2.45, 2.75) is 19.3 Å². The number of carboxylic acid groups (broad SMARTS) is 1. The van der Waals surface area contributed by atoms with Crippen LogP contribution in [0.15, 0.2) is 24.3 Å². The highest BCUT2D eigenvalue weighted by atomic mass is 16.5. The molecule has 1 amide bonds. The molecule has 0 spiro atoms. The lowest BCUT2D eigenvalue weighted by Gasteiger charge is -2.39. The molecule has 1 aromatic rings. The van der Waals surface area contributed by atoms with Gasteiger partial charge in [0.15, 0.2) is 0 Å². The lowest BCUT2D eigenvalue weighted by Crippen LogP contribution is -2.52. The molecule has 23 heavy (non-hydrogen) atoms. The number of likely N-dealkylation sites (tertiary alicyclic amines) is 1. The van der Waals surface area contributed by atoms with Gasteiger partial charge < -0.3 is 19.5 Å². The van der Waals surface area contributed by atoms with Crippen molar-refractivity contribution in [3.63, 3.8) is 0 Å². The molecule has 0 saturated carbocycles. The highest BCUT2D eigenvalue weighted by Gasteiger charge is 2.43. The standard InChI is InChI=1S/C17H23NO5/c1-22-12-17(16(20)21)8-5-9-18(11-17)15(19)10-13-6-3-4-7-14(13)23-2/h3-4,6-7H,5,8-12H2,1-2H3,(H,20,21). The summed E-state index contributed by atoms with van der Waals surface area (Å²) in [5, 5.41) is 9.55. The number of piperidine rings is 1. The van der Waals surface area contributed by atoms with Crippen LogP contribution in [0, 0.1) is 5.41 Å². The van der Waals surface area contributed by atoms with Gasteiger partial charge in [-0.15, -0.1) is 0 Å². The number of carbonyl (C=O) groups excluding carboxylic acids is 1. The minimum absolute atomic E-state index is 0.0871. The number of hydrogen-bond donors (Lipinski definition) is 1. The first kappa shape index (κ1) is 17.3. The van der Waals surface area contributed by atoms with E-state index in [-0.39, 0.29) is 25.5 Å². The third kappa shape index (κ3) is 3.82. The monoisotopic (exact) mass is 321 g/mol. The zero-order valence-electron chi connectivity index (χ0n) is 13.6. The first-order valence-corrected chi connectivity index (χ1v) is 7.64. The van der Waals surface area contributed by atoms with E-state index in [0.717, 1.165) is 5.56 Å². The van der Waals surface area contributed by atoms with Crippen molar-refractivity contribution < 1.29 is 24.2 Å². The third-order valence-electron chi connectivity index (χ3n) is 4.34. The molecule has 1 fully saturated rings. The van der Waals surface area contributed by atoms with Crippen molar-refractivity contribution >= 4 is 11.9 Å². The third-order valence-corrected chi connectivity index (χ3v) is 4.34. The highest BCUT2D eigenvalue weighted by Crippen LogP contribution is 2.31. The molecule has 1 N–H and O–H groups in total. The molecule has 1 atom stereocenters. The summed E-state index contributed by atoms with van der Waals surface area (Å²) in [6.45, 7) is 0.873. The Balaban J connectivity index is 2.11. The number of carbonyl (C=O) groups is 2. The van der Waals surface area contributed by atoms with Crippen LogP contribution in [0.25, 0.3) is 0 Å². The number of carboxylic acids is 1. The van der Waals surface area contributed by atoms with Crippen molar-refractivity contribution in [1.29, 1.82) is 0 Å². The van der Waals surface area contributed by atoms with Crippen LogP contribution in [-0.2, 0) is 20.7 Å². The summed E-state index contributed by atoms with van der Waals surface area (Å²) >= 11 is 0. The summed E-state index contributed by atoms with van der Waals surface area (Å²) in [6, 6.07) is 7.36. The number of ether oxygens (including phenoxy) is 2. The van der Waals surface area contributed by atoms with Crippen LogP contribution in [0.3, 0.4) is 0 Å². The van der Waals surface area contributed by atoms with E-state index in [0.29, 0.717) is 25.1 Å². The molecular weight excluding hydrogens is 298 g/mol. The van der Waals surface area contributed by atoms with Crippen LogP contribution in [0.5, 0.6) is 5.75 Å². The summed E-state index contributed by atoms with van der Waals surface area (Å²) < 4.78 is 10.4. The minimum atomic E-state index is -1.01. The lowest BCUT2D eigenvalue weighted by atomic mass is 9.80. The maximum atomic E-state index is 12.6. The average molecular weight is 321 g/mol. The summed E-state index contributed by atoms with van der Waals surface area (Å²) in [6.07, 6.45) is 1.38. The number of benzene rings is 1. The van der Waals surface area contributed by atoms with Crippen LogP contribution in [0.4, 0.5) is 0 Å². The zero-order chi connectivity index (χ0) is 16.9. The fourth-order valence-electron chi connectivity index (χ4n) is 3.10. The Hall–Kier alpha value is -2.08. The van der Waals surface area contributed by atoms with Gasteiger partial charge in [-0.2, -0.15) is 0 Å². The Morgan fingerprint density at radius 3 is 2.70 bits per heavy atom. The average Bonchev–Trinajstić information content (AvgIpc) is 2.55. The SMILES string of the molecule is COCC1(C(=O)O)CCCN(C(=O)Cc2ccccc2OC)C1. The van der Waals surface area contributed by atoms with E-state index in [9.17, 15) is 14.7 Å². The highest BCUT2D eigenvalue weighted by molar-refractivity contribution is 5.82. The van der Waals surface area contributed by atoms with Crippen molar-refractivity contribution in [3.8, 4) is 5.75 Å². The van der Waals surface area contributed by atoms with E-state index in [1.54, 1.807) is 12.0 Å². The maximum Gasteiger partial charge on any atom is 0.313 e. The second-order valence-electron chi connectivity index (χ2n) is 5.93. The number of methoxy groups -OCH3 is 2. The molecule has 1 aliphatic heterocycles. The molecule has 1 saturated heterocycles. The second kappa shape index (κ2) is 7.46. The molecule has 0 bridgehead atoms. The topological polar surface area (TPSA) is 76.1 Å². The minimum Gasteiger partial charge on any atom is -0.496 e. The Labute approximate surface area is 136 Å². The Bertz CT molecular complexity index is 570. The first-order chi connectivity index (χ1) is 11.0. The Morgan fingerprint density at radius 1 is 1.30 bits per heavy atom. The fourth-order valence-corrected chi connectivity index (χ4v) is 3.10. The number of rotatable bonds is 6. The molecule has 1 aromatic carbocycles. The molecule has 0 radical (unpaired) electrons. The molecule has 0 aromatic heterocycles. The van der Waals surface area contributed by atoms with Gasteiger partial charge in [-0.1, -0.05) is 18.2 Å². The van der Waals surface area contributed by atoms with E-state index in [1.165, 1.54) is 7.11 Å². The van der Waals surface area contributed by atoms with E-state index >= 15 is 0 Å². The van der Waals surface area contributed by atoms with E-state index in [4.69, 9.17) is 9.47 Å². The smallest absolute Gasteiger partial charge is 0.313 e. The number of amides is 1. The van der Waals surface area contributed by atoms with E-state index < -0.39 is 11.4 Å². The lowest BCUT2D eigenvalue weighted by molar-refractivity contribution is -0.159. The van der Waals surface area contributed by atoms with Crippen molar-refractivity contribution in [2.24, 2.45) is 5.41 Å². The van der Waals surface area contributed by atoms with Crippen molar-refractivity contribution in [3.05, 3.63) is 29.8 Å². The largest absolute Gasteiger partial charge is 0.496 e. The van der Waals surface area contributed by atoms with Gasteiger partial charge in [0, 0.05) is 25.8 Å². The predicted molar refractivity (Wildman–Crippen MR) is 84.5 cm³/mol. The van der Waals surface area contributed by atoms with E-state index in [2.05, 4.69) is 0 Å². The summed E-state index contributed by atoms with van der Waals surface area (Å²) in [5.41, 5.74) is -0.207. The first-order valence-electron chi connectivity index (χ1n) is 7.64. The van der Waals surface area contributed by atoms with Gasteiger partial charge in [0.2, 0.25) is 5.91 Å². The van der Waals surface area contributed by atoms with Crippen LogP contribution in [-0.4, -0.2) is 55.8 Å². The normalized spacial score (nSPS) is 21.0. The molecular formula is C17H23NO5. The van der Waals surface area contributed by atoms with Crippen LogP contribution in [0.2, 0.25) is 0 Å². The summed E-state index contributed by atoms with van der Waals surface area (Å²) in [5.74, 6) is -0.329. The summed E-state index contributed by atoms with van der Waals surface area (Å²) in [4.78, 5) is 25.9. The molecule has 1 aliphatic rings. The number of nitrogens with zero attached hydrogens (tertiary/aromatic N) is 1. The van der Waals surface area contributed by atoms with Gasteiger partial charge in [0.1, 0.15) is 11.2 Å². The second-order valence-corrected chi connectivity index (χ2v) is 5.93. The molecule has 126 valence electrons. The number of hydrogen-bond acceptors (Lipinski definition) is 4. The molecule has 0 aliphatic carbocycles. The van der Waals surface area contributed by atoms with Crippen LogP contribution >= 0.6 is 0 Å². The molecule has 6 heteroatoms. The molecule has 6 nitrogen and oxygen atoms in total. The molecule has 1 unspecified atom stereocenters. The van der Waals surface area contributed by atoms with Gasteiger partial charge in [-0.25, -0.2) is 0 Å². The van der Waals surface area contributed by atoms with Crippen molar-refractivity contribution in [1.82, 2.24) is 4.90 Å². The number of aliphatic carboxylic acids is 1. The number of para-hydroxylation sites is 1. The van der Waals surface area contributed by atoms with Gasteiger partial charge in [0.25, 0.3) is 0 Å². The van der Waals surface area contributed by atoms with Crippen LogP contribution in [0.1, 0.15) is 18.4 Å². The van der Waals surface area contributed by atoms with Gasteiger partial charge >= 0.3 is 5.97 Å². The van der Waals surface area contributed by atoms with Crippen LogP contribution < -0.4 is 4.74 Å². The van der Waals surface area contributed by atoms with Crippen molar-refractivity contribution in [2.75, 3.05) is 33.9 Å². The fraction of sp³-hybridized carbons (Fsp3) is 0.529. The maximum absolute atomic E-state index is 12.6. The Kier molecular flexibility index (Phi) is 5.60. The Morgan fingerprint density at radius 2 is 2.04 bits per heavy atom. The molecule has 1 heterocycles. The van der Waals surface area contributed by atoms with Gasteiger partial charge in [-0.3, -0.25) is 9.59 Å². The quantitative estimate of drug-likeness (QED) is 0.861. The van der Waals surface area contributed by atoms with Gasteiger partial charge in [-0.05, 0) is 18.9 Å².